The largest absolute Gasteiger partial charge is 0.497 e. The van der Waals surface area contributed by atoms with Crippen LogP contribution in [-0.2, 0) is 23.0 Å². The molecule has 0 saturated heterocycles. The Labute approximate surface area is 148 Å². The highest BCUT2D eigenvalue weighted by Crippen LogP contribution is 2.27. The van der Waals surface area contributed by atoms with Crippen LogP contribution in [0.5, 0.6) is 5.75 Å². The van der Waals surface area contributed by atoms with E-state index in [2.05, 4.69) is 20.4 Å². The van der Waals surface area contributed by atoms with Gasteiger partial charge in [-0.1, -0.05) is 12.1 Å². The Bertz CT molecular complexity index is 1110. The van der Waals surface area contributed by atoms with Gasteiger partial charge in [0.1, 0.15) is 11.4 Å². The summed E-state index contributed by atoms with van der Waals surface area (Å²) >= 11 is 0. The summed E-state index contributed by atoms with van der Waals surface area (Å²) < 4.78 is 13.2. The molecule has 0 spiro atoms. The van der Waals surface area contributed by atoms with Gasteiger partial charge in [0.15, 0.2) is 16.8 Å². The van der Waals surface area contributed by atoms with Crippen LogP contribution in [0.15, 0.2) is 30.5 Å². The number of benzene rings is 1. The smallest absolute Gasteiger partial charge is 0.311 e. The molecule has 0 amide bonds. The molecule has 9 heteroatoms. The molecule has 0 atom stereocenters. The lowest BCUT2D eigenvalue weighted by atomic mass is 10.1. The molecule has 0 radical (unpaired) electrons. The minimum absolute atomic E-state index is 0.0284. The number of rotatable bonds is 4. The van der Waals surface area contributed by atoms with E-state index in [0.717, 1.165) is 16.9 Å². The second-order valence-corrected chi connectivity index (χ2v) is 5.72. The molecule has 1 aromatic carbocycles. The van der Waals surface area contributed by atoms with Gasteiger partial charge in [0.05, 0.1) is 26.8 Å². The first-order chi connectivity index (χ1) is 12.6. The molecular formula is C17H16N6O3. The average Bonchev–Trinajstić information content (AvgIpc) is 3.23. The van der Waals surface area contributed by atoms with E-state index in [-0.39, 0.29) is 12.4 Å². The van der Waals surface area contributed by atoms with Gasteiger partial charge in [-0.15, -0.1) is 10.2 Å². The predicted molar refractivity (Wildman–Crippen MR) is 92.8 cm³/mol. The number of hydrogen-bond acceptors (Lipinski definition) is 7. The molecule has 0 bridgehead atoms. The SMILES string of the molecule is COC(=O)Cc1nn(C)c2c1nnc1c(-c3ccc(OC)cc3)cnn12. The van der Waals surface area contributed by atoms with Crippen LogP contribution in [-0.4, -0.2) is 49.8 Å². The molecule has 0 fully saturated rings. The molecule has 0 N–H and O–H groups in total. The maximum Gasteiger partial charge on any atom is 0.311 e. The maximum atomic E-state index is 11.6. The summed E-state index contributed by atoms with van der Waals surface area (Å²) in [5.41, 5.74) is 4.09. The van der Waals surface area contributed by atoms with E-state index in [1.165, 1.54) is 7.11 Å². The monoisotopic (exact) mass is 352 g/mol. The van der Waals surface area contributed by atoms with Crippen molar-refractivity contribution in [3.8, 4) is 16.9 Å². The molecule has 0 aliphatic carbocycles. The molecule has 4 aromatic rings. The van der Waals surface area contributed by atoms with Gasteiger partial charge in [-0.25, -0.2) is 4.68 Å². The second-order valence-electron chi connectivity index (χ2n) is 5.72. The first-order valence-electron chi connectivity index (χ1n) is 7.89. The molecule has 9 nitrogen and oxygen atoms in total. The van der Waals surface area contributed by atoms with E-state index in [1.807, 2.05) is 24.3 Å². The number of hydrogen-bond donors (Lipinski definition) is 0. The van der Waals surface area contributed by atoms with Crippen LogP contribution in [0.3, 0.4) is 0 Å². The molecule has 0 saturated carbocycles. The lowest BCUT2D eigenvalue weighted by molar-refractivity contribution is -0.139. The van der Waals surface area contributed by atoms with Crippen molar-refractivity contribution in [3.63, 3.8) is 0 Å². The van der Waals surface area contributed by atoms with Crippen molar-refractivity contribution in [1.82, 2.24) is 29.6 Å². The van der Waals surface area contributed by atoms with Crippen molar-refractivity contribution in [1.29, 1.82) is 0 Å². The fourth-order valence-corrected chi connectivity index (χ4v) is 2.89. The molecule has 26 heavy (non-hydrogen) atoms. The Morgan fingerprint density at radius 3 is 2.62 bits per heavy atom. The van der Waals surface area contributed by atoms with Crippen molar-refractivity contribution in [2.24, 2.45) is 7.05 Å². The van der Waals surface area contributed by atoms with Crippen LogP contribution >= 0.6 is 0 Å². The van der Waals surface area contributed by atoms with Gasteiger partial charge < -0.3 is 9.47 Å². The van der Waals surface area contributed by atoms with Gasteiger partial charge >= 0.3 is 5.97 Å². The van der Waals surface area contributed by atoms with Gasteiger partial charge in [-0.05, 0) is 17.7 Å². The Balaban J connectivity index is 1.87. The zero-order chi connectivity index (χ0) is 18.3. The summed E-state index contributed by atoms with van der Waals surface area (Å²) in [6, 6.07) is 7.63. The normalized spacial score (nSPS) is 11.2. The summed E-state index contributed by atoms with van der Waals surface area (Å²) in [4.78, 5) is 11.6. The number of methoxy groups -OCH3 is 2. The zero-order valence-corrected chi connectivity index (χ0v) is 14.5. The van der Waals surface area contributed by atoms with Crippen LogP contribution in [0.4, 0.5) is 0 Å². The van der Waals surface area contributed by atoms with Gasteiger partial charge in [0.2, 0.25) is 0 Å². The highest BCUT2D eigenvalue weighted by molar-refractivity contribution is 5.85. The molecule has 132 valence electrons. The highest BCUT2D eigenvalue weighted by Gasteiger charge is 2.19. The Morgan fingerprint density at radius 2 is 1.92 bits per heavy atom. The number of ether oxygens (including phenoxy) is 2. The molecule has 3 heterocycles. The lowest BCUT2D eigenvalue weighted by Gasteiger charge is -2.02. The maximum absolute atomic E-state index is 11.6. The van der Waals surface area contributed by atoms with Gasteiger partial charge in [0.25, 0.3) is 0 Å². The fraction of sp³-hybridized carbons (Fsp3) is 0.235. The minimum atomic E-state index is -0.383. The third-order valence-electron chi connectivity index (χ3n) is 4.19. The molecule has 3 aromatic heterocycles. The summed E-state index contributed by atoms with van der Waals surface area (Å²) in [7, 11) is 4.74. The third kappa shape index (κ3) is 2.44. The van der Waals surface area contributed by atoms with Crippen molar-refractivity contribution in [3.05, 3.63) is 36.2 Å². The van der Waals surface area contributed by atoms with E-state index in [1.54, 1.807) is 29.6 Å². The van der Waals surface area contributed by atoms with Crippen molar-refractivity contribution < 1.29 is 14.3 Å². The number of fused-ring (bicyclic) bond motifs is 3. The van der Waals surface area contributed by atoms with Crippen LogP contribution in [0.25, 0.3) is 27.9 Å². The molecule has 0 unspecified atom stereocenters. The standard InChI is InChI=1S/C17H16N6O3/c1-22-17-15(13(21-22)8-14(24)26-3)19-20-16-12(9-18-23(16)17)10-4-6-11(25-2)7-5-10/h4-7,9H,8H2,1-3H3. The average molecular weight is 352 g/mol. The van der Waals surface area contributed by atoms with Gasteiger partial charge in [-0.3, -0.25) is 4.79 Å². The van der Waals surface area contributed by atoms with Crippen molar-refractivity contribution in [2.45, 2.75) is 6.42 Å². The van der Waals surface area contributed by atoms with E-state index < -0.39 is 0 Å². The summed E-state index contributed by atoms with van der Waals surface area (Å²) in [6.07, 6.45) is 1.76. The van der Waals surface area contributed by atoms with Crippen LogP contribution < -0.4 is 4.74 Å². The molecule has 4 rings (SSSR count). The number of aromatic nitrogens is 6. The number of carbonyl (C=O) groups is 1. The van der Waals surface area contributed by atoms with E-state index in [4.69, 9.17) is 9.47 Å². The number of esters is 1. The number of nitrogens with zero attached hydrogens (tertiary/aromatic N) is 6. The van der Waals surface area contributed by atoms with Gasteiger partial charge in [-0.2, -0.15) is 14.7 Å². The quantitative estimate of drug-likeness (QED) is 0.512. The predicted octanol–water partition coefficient (Wildman–Crippen LogP) is 1.40. The molecule has 0 aliphatic rings. The number of aryl methyl sites for hydroxylation is 1. The van der Waals surface area contributed by atoms with E-state index in [9.17, 15) is 4.79 Å². The highest BCUT2D eigenvalue weighted by atomic mass is 16.5. The minimum Gasteiger partial charge on any atom is -0.497 e. The molecule has 0 aliphatic heterocycles. The number of carbonyl (C=O) groups excluding carboxylic acids is 1. The fourth-order valence-electron chi connectivity index (χ4n) is 2.89. The Hall–Kier alpha value is -3.49. The summed E-state index contributed by atoms with van der Waals surface area (Å²) in [6.45, 7) is 0. The first kappa shape index (κ1) is 16.0. The van der Waals surface area contributed by atoms with Crippen molar-refractivity contribution in [2.75, 3.05) is 14.2 Å². The Kier molecular flexibility index (Phi) is 3.76. The zero-order valence-electron chi connectivity index (χ0n) is 14.5. The van der Waals surface area contributed by atoms with Crippen molar-refractivity contribution >= 4 is 22.8 Å². The van der Waals surface area contributed by atoms with Crippen LogP contribution in [0.2, 0.25) is 0 Å². The van der Waals surface area contributed by atoms with Crippen LogP contribution in [0.1, 0.15) is 5.69 Å². The first-order valence-corrected chi connectivity index (χ1v) is 7.89. The second kappa shape index (κ2) is 6.10. The third-order valence-corrected chi connectivity index (χ3v) is 4.19. The van der Waals surface area contributed by atoms with E-state index >= 15 is 0 Å². The molecular weight excluding hydrogens is 336 g/mol. The van der Waals surface area contributed by atoms with E-state index in [0.29, 0.717) is 22.5 Å². The van der Waals surface area contributed by atoms with Gasteiger partial charge in [0, 0.05) is 12.6 Å². The topological polar surface area (TPSA) is 96.4 Å². The lowest BCUT2D eigenvalue weighted by Crippen LogP contribution is -2.06. The summed E-state index contributed by atoms with van der Waals surface area (Å²) in [5.74, 6) is 0.393. The van der Waals surface area contributed by atoms with Crippen LogP contribution in [0, 0.1) is 0 Å². The Morgan fingerprint density at radius 1 is 1.15 bits per heavy atom. The summed E-state index contributed by atoms with van der Waals surface area (Å²) in [5, 5.41) is 17.4.